The lowest BCUT2D eigenvalue weighted by atomic mass is 10.4. The fourth-order valence-corrected chi connectivity index (χ4v) is 0.907. The third-order valence-corrected chi connectivity index (χ3v) is 1.47. The van der Waals surface area contributed by atoms with Crippen LogP contribution in [0.15, 0.2) is 18.3 Å². The molecule has 0 aliphatic carbocycles. The molecular weight excluding hydrogens is 152 g/mol. The average Bonchev–Trinajstić information content (AvgIpc) is 2.15. The Labute approximate surface area is 72.8 Å². The summed E-state index contributed by atoms with van der Waals surface area (Å²) < 4.78 is 5.45. The maximum Gasteiger partial charge on any atom is 0.168 e. The maximum atomic E-state index is 5.45. The second-order valence-corrected chi connectivity index (χ2v) is 2.45. The highest BCUT2D eigenvalue weighted by molar-refractivity contribution is 5.48. The van der Waals surface area contributed by atoms with E-state index in [9.17, 15) is 0 Å². The molecule has 0 spiro atoms. The molecule has 0 bridgehead atoms. The van der Waals surface area contributed by atoms with Crippen LogP contribution in [0, 0.1) is 0 Å². The SMILES string of the molecule is CCCOc1cccnc1NC. The van der Waals surface area contributed by atoms with Crippen LogP contribution in [-0.4, -0.2) is 18.6 Å². The maximum absolute atomic E-state index is 5.45. The van der Waals surface area contributed by atoms with Crippen LogP contribution in [-0.2, 0) is 0 Å². The first-order chi connectivity index (χ1) is 5.88. The lowest BCUT2D eigenvalue weighted by molar-refractivity contribution is 0.318. The van der Waals surface area contributed by atoms with Crippen molar-refractivity contribution in [2.45, 2.75) is 13.3 Å². The Morgan fingerprint density at radius 1 is 1.58 bits per heavy atom. The lowest BCUT2D eigenvalue weighted by Gasteiger charge is -2.07. The number of nitrogens with one attached hydrogen (secondary N) is 1. The number of pyridine rings is 1. The minimum Gasteiger partial charge on any atom is -0.490 e. The van der Waals surface area contributed by atoms with Crippen molar-refractivity contribution in [2.75, 3.05) is 19.0 Å². The van der Waals surface area contributed by atoms with E-state index in [-0.39, 0.29) is 0 Å². The van der Waals surface area contributed by atoms with E-state index in [1.165, 1.54) is 0 Å². The predicted molar refractivity (Wildman–Crippen MR) is 49.6 cm³/mol. The second kappa shape index (κ2) is 4.59. The Kier molecular flexibility index (Phi) is 3.38. The van der Waals surface area contributed by atoms with Crippen molar-refractivity contribution in [3.8, 4) is 5.75 Å². The van der Waals surface area contributed by atoms with Crippen LogP contribution in [0.1, 0.15) is 13.3 Å². The Balaban J connectivity index is 2.68. The van der Waals surface area contributed by atoms with Crippen molar-refractivity contribution in [2.24, 2.45) is 0 Å². The number of rotatable bonds is 4. The molecule has 0 atom stereocenters. The van der Waals surface area contributed by atoms with E-state index >= 15 is 0 Å². The van der Waals surface area contributed by atoms with Crippen molar-refractivity contribution >= 4 is 5.82 Å². The molecule has 0 aliphatic rings. The zero-order valence-electron chi connectivity index (χ0n) is 7.50. The molecule has 0 saturated heterocycles. The van der Waals surface area contributed by atoms with E-state index in [4.69, 9.17) is 4.74 Å². The number of nitrogens with zero attached hydrogens (tertiary/aromatic N) is 1. The molecule has 0 fully saturated rings. The summed E-state index contributed by atoms with van der Waals surface area (Å²) in [6.07, 6.45) is 2.75. The van der Waals surface area contributed by atoms with Crippen LogP contribution in [0.3, 0.4) is 0 Å². The van der Waals surface area contributed by atoms with Gasteiger partial charge >= 0.3 is 0 Å². The zero-order chi connectivity index (χ0) is 8.81. The van der Waals surface area contributed by atoms with E-state index in [1.807, 2.05) is 19.2 Å². The largest absolute Gasteiger partial charge is 0.490 e. The molecule has 12 heavy (non-hydrogen) atoms. The number of hydrogen-bond acceptors (Lipinski definition) is 3. The van der Waals surface area contributed by atoms with E-state index in [0.29, 0.717) is 0 Å². The molecule has 3 heteroatoms. The van der Waals surface area contributed by atoms with Gasteiger partial charge in [-0.15, -0.1) is 0 Å². The smallest absolute Gasteiger partial charge is 0.168 e. The van der Waals surface area contributed by atoms with Gasteiger partial charge < -0.3 is 10.1 Å². The van der Waals surface area contributed by atoms with Gasteiger partial charge in [-0.25, -0.2) is 4.98 Å². The van der Waals surface area contributed by atoms with Crippen LogP contribution in [0.5, 0.6) is 5.75 Å². The monoisotopic (exact) mass is 166 g/mol. The Morgan fingerprint density at radius 2 is 2.42 bits per heavy atom. The molecule has 1 heterocycles. The summed E-state index contributed by atoms with van der Waals surface area (Å²) >= 11 is 0. The summed E-state index contributed by atoms with van der Waals surface area (Å²) in [5.41, 5.74) is 0. The summed E-state index contributed by atoms with van der Waals surface area (Å²) in [6, 6.07) is 3.78. The van der Waals surface area contributed by atoms with Crippen LogP contribution in [0.2, 0.25) is 0 Å². The molecule has 3 nitrogen and oxygen atoms in total. The molecule has 0 amide bonds. The van der Waals surface area contributed by atoms with Crippen molar-refractivity contribution in [1.29, 1.82) is 0 Å². The number of ether oxygens (including phenoxy) is 1. The minimum absolute atomic E-state index is 0.736. The Hall–Kier alpha value is -1.25. The third-order valence-electron chi connectivity index (χ3n) is 1.47. The Morgan fingerprint density at radius 3 is 3.08 bits per heavy atom. The first kappa shape index (κ1) is 8.84. The quantitative estimate of drug-likeness (QED) is 0.742. The molecule has 0 aromatic carbocycles. The summed E-state index contributed by atoms with van der Waals surface area (Å²) in [5, 5.41) is 2.97. The summed E-state index contributed by atoms with van der Waals surface area (Å²) in [6.45, 7) is 2.82. The van der Waals surface area contributed by atoms with Gasteiger partial charge in [0.05, 0.1) is 6.61 Å². The first-order valence-corrected chi connectivity index (χ1v) is 4.14. The van der Waals surface area contributed by atoms with Gasteiger partial charge in [0.2, 0.25) is 0 Å². The van der Waals surface area contributed by atoms with Gasteiger partial charge in [-0.1, -0.05) is 6.92 Å². The molecule has 0 unspecified atom stereocenters. The normalized spacial score (nSPS) is 9.50. The molecule has 1 rings (SSSR count). The van der Waals surface area contributed by atoms with Crippen molar-refractivity contribution in [3.05, 3.63) is 18.3 Å². The standard InChI is InChI=1S/C9H14N2O/c1-3-7-12-8-5-4-6-11-9(8)10-2/h4-6H,3,7H2,1-2H3,(H,10,11). The lowest BCUT2D eigenvalue weighted by Crippen LogP contribution is -2.00. The third kappa shape index (κ3) is 2.12. The topological polar surface area (TPSA) is 34.1 Å². The zero-order valence-corrected chi connectivity index (χ0v) is 7.50. The highest BCUT2D eigenvalue weighted by atomic mass is 16.5. The molecule has 1 aromatic heterocycles. The van der Waals surface area contributed by atoms with Crippen molar-refractivity contribution in [3.63, 3.8) is 0 Å². The molecule has 0 saturated carbocycles. The molecular formula is C9H14N2O. The van der Waals surface area contributed by atoms with E-state index < -0.39 is 0 Å². The van der Waals surface area contributed by atoms with E-state index in [1.54, 1.807) is 6.20 Å². The Bertz CT molecular complexity index is 238. The fourth-order valence-electron chi connectivity index (χ4n) is 0.907. The second-order valence-electron chi connectivity index (χ2n) is 2.45. The van der Waals surface area contributed by atoms with Gasteiger partial charge in [0, 0.05) is 13.2 Å². The van der Waals surface area contributed by atoms with Crippen LogP contribution >= 0.6 is 0 Å². The van der Waals surface area contributed by atoms with Crippen LogP contribution in [0.25, 0.3) is 0 Å². The molecule has 66 valence electrons. The molecule has 0 aliphatic heterocycles. The van der Waals surface area contributed by atoms with Crippen LogP contribution < -0.4 is 10.1 Å². The van der Waals surface area contributed by atoms with Crippen molar-refractivity contribution < 1.29 is 4.74 Å². The summed E-state index contributed by atoms with van der Waals surface area (Å²) in [4.78, 5) is 4.11. The first-order valence-electron chi connectivity index (χ1n) is 4.14. The molecule has 1 aromatic rings. The van der Waals surface area contributed by atoms with Gasteiger partial charge in [0.25, 0.3) is 0 Å². The number of anilines is 1. The van der Waals surface area contributed by atoms with Gasteiger partial charge in [-0.3, -0.25) is 0 Å². The van der Waals surface area contributed by atoms with Gasteiger partial charge in [0.15, 0.2) is 11.6 Å². The molecule has 1 N–H and O–H groups in total. The van der Waals surface area contributed by atoms with Gasteiger partial charge in [-0.2, -0.15) is 0 Å². The minimum atomic E-state index is 0.736. The average molecular weight is 166 g/mol. The van der Waals surface area contributed by atoms with Gasteiger partial charge in [-0.05, 0) is 18.6 Å². The van der Waals surface area contributed by atoms with Gasteiger partial charge in [0.1, 0.15) is 0 Å². The predicted octanol–water partition coefficient (Wildman–Crippen LogP) is 1.91. The summed E-state index contributed by atoms with van der Waals surface area (Å²) in [7, 11) is 1.83. The number of aromatic nitrogens is 1. The number of hydrogen-bond donors (Lipinski definition) is 1. The highest BCUT2D eigenvalue weighted by Gasteiger charge is 1.99. The summed E-state index contributed by atoms with van der Waals surface area (Å²) in [5.74, 6) is 1.62. The highest BCUT2D eigenvalue weighted by Crippen LogP contribution is 2.19. The van der Waals surface area contributed by atoms with E-state index in [2.05, 4.69) is 17.2 Å². The van der Waals surface area contributed by atoms with Crippen molar-refractivity contribution in [1.82, 2.24) is 4.98 Å². The van der Waals surface area contributed by atoms with E-state index in [0.717, 1.165) is 24.6 Å². The fraction of sp³-hybridized carbons (Fsp3) is 0.444. The molecule has 0 radical (unpaired) electrons. The van der Waals surface area contributed by atoms with Crippen LogP contribution in [0.4, 0.5) is 5.82 Å².